The van der Waals surface area contributed by atoms with Crippen molar-refractivity contribution in [2.75, 3.05) is 36.9 Å². The number of hydrogen-bond donors (Lipinski definition) is 3. The molecule has 0 bridgehead atoms. The van der Waals surface area contributed by atoms with Crippen molar-refractivity contribution in [3.8, 4) is 11.7 Å². The summed E-state index contributed by atoms with van der Waals surface area (Å²) in [6.45, 7) is 5.42. The maximum Gasteiger partial charge on any atom is 0.258 e. The number of carbonyl (C=O) groups excluding carboxylic acids is 1. The maximum atomic E-state index is 11.9. The fourth-order valence-electron chi connectivity index (χ4n) is 2.40. The molecule has 3 aromatic heterocycles. The number of hydrogen-bond acceptors (Lipinski definition) is 9. The van der Waals surface area contributed by atoms with Crippen LogP contribution < -0.4 is 20.7 Å². The van der Waals surface area contributed by atoms with Gasteiger partial charge in [0.25, 0.3) is 5.91 Å². The van der Waals surface area contributed by atoms with Crippen LogP contribution in [0.4, 0.5) is 11.8 Å². The van der Waals surface area contributed by atoms with Crippen LogP contribution >= 0.6 is 0 Å². The summed E-state index contributed by atoms with van der Waals surface area (Å²) in [5, 5.41) is 21.0. The Hall–Kier alpha value is -3.76. The van der Waals surface area contributed by atoms with Crippen molar-refractivity contribution >= 4 is 17.7 Å². The lowest BCUT2D eigenvalue weighted by Gasteiger charge is -2.10. The Kier molecular flexibility index (Phi) is 6.87. The number of amides is 1. The summed E-state index contributed by atoms with van der Waals surface area (Å²) in [5.41, 5.74) is 0.857. The summed E-state index contributed by atoms with van der Waals surface area (Å²) in [5.74, 6) is 1.84. The lowest BCUT2D eigenvalue weighted by Crippen LogP contribution is -2.33. The van der Waals surface area contributed by atoms with Crippen molar-refractivity contribution in [1.82, 2.24) is 35.3 Å². The van der Waals surface area contributed by atoms with Gasteiger partial charge in [0.2, 0.25) is 11.8 Å². The molecule has 0 spiro atoms. The van der Waals surface area contributed by atoms with Gasteiger partial charge in [-0.3, -0.25) is 4.79 Å². The minimum absolute atomic E-state index is 0.151. The van der Waals surface area contributed by atoms with Gasteiger partial charge in [-0.25, -0.2) is 9.67 Å². The first-order chi connectivity index (χ1) is 14.1. The minimum Gasteiger partial charge on any atom is -0.466 e. The van der Waals surface area contributed by atoms with E-state index in [4.69, 9.17) is 4.74 Å². The molecule has 11 heteroatoms. The minimum atomic E-state index is -0.261. The van der Waals surface area contributed by atoms with Crippen molar-refractivity contribution in [1.29, 1.82) is 0 Å². The van der Waals surface area contributed by atoms with E-state index in [1.54, 1.807) is 35.3 Å². The van der Waals surface area contributed by atoms with Crippen molar-refractivity contribution in [2.45, 2.75) is 13.8 Å². The SMILES string of the molecule is CCNc1cc(C)nc(NCCNC(=O)COc2ccc(-n3cccn3)nn2)n1. The Bertz CT molecular complexity index is 914. The first-order valence-electron chi connectivity index (χ1n) is 9.20. The van der Waals surface area contributed by atoms with Crippen molar-refractivity contribution < 1.29 is 9.53 Å². The lowest BCUT2D eigenvalue weighted by molar-refractivity contribution is -0.123. The monoisotopic (exact) mass is 397 g/mol. The van der Waals surface area contributed by atoms with Crippen LogP contribution in [-0.2, 0) is 4.79 Å². The van der Waals surface area contributed by atoms with Gasteiger partial charge in [0.15, 0.2) is 12.4 Å². The van der Waals surface area contributed by atoms with E-state index in [0.29, 0.717) is 24.9 Å². The van der Waals surface area contributed by atoms with E-state index in [-0.39, 0.29) is 18.4 Å². The van der Waals surface area contributed by atoms with Crippen LogP contribution in [0.1, 0.15) is 12.6 Å². The Morgan fingerprint density at radius 2 is 2.07 bits per heavy atom. The Morgan fingerprint density at radius 3 is 2.79 bits per heavy atom. The van der Waals surface area contributed by atoms with Crippen LogP contribution in [0, 0.1) is 6.92 Å². The van der Waals surface area contributed by atoms with Crippen LogP contribution in [-0.4, -0.2) is 62.1 Å². The third kappa shape index (κ3) is 6.13. The predicted molar refractivity (Wildman–Crippen MR) is 107 cm³/mol. The number of nitrogens with one attached hydrogen (secondary N) is 3. The molecule has 0 saturated carbocycles. The van der Waals surface area contributed by atoms with Crippen LogP contribution in [0.5, 0.6) is 5.88 Å². The fourth-order valence-corrected chi connectivity index (χ4v) is 2.40. The molecule has 0 unspecified atom stereocenters. The number of ether oxygens (including phenoxy) is 1. The van der Waals surface area contributed by atoms with Crippen molar-refractivity contribution in [3.63, 3.8) is 0 Å². The van der Waals surface area contributed by atoms with E-state index in [9.17, 15) is 4.79 Å². The molecular weight excluding hydrogens is 374 g/mol. The first kappa shape index (κ1) is 20.0. The van der Waals surface area contributed by atoms with Gasteiger partial charge >= 0.3 is 0 Å². The number of anilines is 2. The van der Waals surface area contributed by atoms with Crippen LogP contribution in [0.25, 0.3) is 5.82 Å². The zero-order valence-electron chi connectivity index (χ0n) is 16.3. The largest absolute Gasteiger partial charge is 0.466 e. The second kappa shape index (κ2) is 9.97. The molecule has 3 aromatic rings. The molecule has 0 atom stereocenters. The third-order valence-electron chi connectivity index (χ3n) is 3.66. The summed E-state index contributed by atoms with van der Waals surface area (Å²) in [6.07, 6.45) is 3.41. The maximum absolute atomic E-state index is 11.9. The molecule has 0 aliphatic carbocycles. The Morgan fingerprint density at radius 1 is 1.17 bits per heavy atom. The average Bonchev–Trinajstić information content (AvgIpc) is 3.25. The topological polar surface area (TPSA) is 132 Å². The van der Waals surface area contributed by atoms with E-state index < -0.39 is 0 Å². The number of aromatic nitrogens is 6. The van der Waals surface area contributed by atoms with Crippen molar-refractivity contribution in [3.05, 3.63) is 42.4 Å². The highest BCUT2D eigenvalue weighted by Crippen LogP contribution is 2.09. The number of rotatable bonds is 10. The van der Waals surface area contributed by atoms with E-state index in [1.165, 1.54) is 0 Å². The second-order valence-electron chi connectivity index (χ2n) is 5.99. The van der Waals surface area contributed by atoms with Gasteiger partial charge in [-0.2, -0.15) is 10.1 Å². The second-order valence-corrected chi connectivity index (χ2v) is 5.99. The number of nitrogens with zero attached hydrogens (tertiary/aromatic N) is 6. The van der Waals surface area contributed by atoms with Gasteiger partial charge in [0.05, 0.1) is 0 Å². The highest BCUT2D eigenvalue weighted by atomic mass is 16.5. The predicted octanol–water partition coefficient (Wildman–Crippen LogP) is 0.800. The highest BCUT2D eigenvalue weighted by Gasteiger charge is 2.06. The molecule has 0 aromatic carbocycles. The summed E-state index contributed by atoms with van der Waals surface area (Å²) in [4.78, 5) is 20.6. The summed E-state index contributed by atoms with van der Waals surface area (Å²) in [6, 6.07) is 7.01. The first-order valence-corrected chi connectivity index (χ1v) is 9.20. The molecule has 0 fully saturated rings. The standard InChI is InChI=1S/C18H23N9O2/c1-3-19-14-11-13(2)23-18(24-14)21-9-8-20-16(28)12-29-17-6-5-15(25-26-17)27-10-4-7-22-27/h4-7,10-11H,3,8-9,12H2,1-2H3,(H,20,28)(H2,19,21,23,24). The zero-order chi connectivity index (χ0) is 20.5. The quantitative estimate of drug-likeness (QED) is 0.425. The van der Waals surface area contributed by atoms with Gasteiger partial charge in [-0.1, -0.05) is 0 Å². The smallest absolute Gasteiger partial charge is 0.258 e. The number of aryl methyl sites for hydroxylation is 1. The molecule has 3 heterocycles. The normalized spacial score (nSPS) is 10.4. The van der Waals surface area contributed by atoms with Gasteiger partial charge in [-0.05, 0) is 26.0 Å². The summed E-state index contributed by atoms with van der Waals surface area (Å²) < 4.78 is 6.92. The molecule has 152 valence electrons. The van der Waals surface area contributed by atoms with Gasteiger partial charge in [-0.15, -0.1) is 10.2 Å². The Balaban J connectivity index is 1.37. The van der Waals surface area contributed by atoms with Crippen LogP contribution in [0.3, 0.4) is 0 Å². The van der Waals surface area contributed by atoms with E-state index >= 15 is 0 Å². The molecule has 29 heavy (non-hydrogen) atoms. The Labute approximate surface area is 167 Å². The van der Waals surface area contributed by atoms with Gasteiger partial charge < -0.3 is 20.7 Å². The summed E-state index contributed by atoms with van der Waals surface area (Å²) >= 11 is 0. The van der Waals surface area contributed by atoms with E-state index in [2.05, 4.69) is 41.2 Å². The molecule has 0 aliphatic rings. The molecule has 0 saturated heterocycles. The average molecular weight is 397 g/mol. The molecule has 0 aliphatic heterocycles. The zero-order valence-corrected chi connectivity index (χ0v) is 16.3. The molecule has 3 rings (SSSR count). The highest BCUT2D eigenvalue weighted by molar-refractivity contribution is 5.77. The van der Waals surface area contributed by atoms with Gasteiger partial charge in [0, 0.05) is 49.9 Å². The molecule has 3 N–H and O–H groups in total. The number of carbonyl (C=O) groups is 1. The van der Waals surface area contributed by atoms with E-state index in [0.717, 1.165) is 18.1 Å². The van der Waals surface area contributed by atoms with Crippen LogP contribution in [0.2, 0.25) is 0 Å². The molecule has 1 amide bonds. The molecular formula is C18H23N9O2. The van der Waals surface area contributed by atoms with Crippen molar-refractivity contribution in [2.24, 2.45) is 0 Å². The molecule has 0 radical (unpaired) electrons. The van der Waals surface area contributed by atoms with E-state index in [1.807, 2.05) is 19.9 Å². The lowest BCUT2D eigenvalue weighted by atomic mass is 10.4. The van der Waals surface area contributed by atoms with Crippen LogP contribution in [0.15, 0.2) is 36.7 Å². The molecule has 11 nitrogen and oxygen atoms in total. The fraction of sp³-hybridized carbons (Fsp3) is 0.333. The third-order valence-corrected chi connectivity index (χ3v) is 3.66. The van der Waals surface area contributed by atoms with Gasteiger partial charge in [0.1, 0.15) is 5.82 Å². The summed E-state index contributed by atoms with van der Waals surface area (Å²) in [7, 11) is 0.